The second kappa shape index (κ2) is 8.50. The zero-order chi connectivity index (χ0) is 18.6. The predicted octanol–water partition coefficient (Wildman–Crippen LogP) is 5.41. The molecule has 25 heavy (non-hydrogen) atoms. The molecule has 0 amide bonds. The monoisotopic (exact) mass is 379 g/mol. The van der Waals surface area contributed by atoms with Gasteiger partial charge in [-0.3, -0.25) is 0 Å². The molecule has 0 saturated heterocycles. The van der Waals surface area contributed by atoms with Crippen LogP contribution in [0.3, 0.4) is 0 Å². The number of carbonyl (C=O) groups excluding carboxylic acids is 1. The smallest absolute Gasteiger partial charge is 0.339 e. The molecule has 1 heterocycles. The number of esters is 1. The first-order chi connectivity index (χ1) is 11.8. The third-order valence-corrected chi connectivity index (χ3v) is 4.21. The van der Waals surface area contributed by atoms with Crippen molar-refractivity contribution in [1.82, 2.24) is 0 Å². The summed E-state index contributed by atoms with van der Waals surface area (Å²) in [5, 5.41) is 3.49. The molecule has 0 aliphatic carbocycles. The number of hydrogen-bond donors (Lipinski definition) is 1. The van der Waals surface area contributed by atoms with Gasteiger partial charge in [0.1, 0.15) is 16.5 Å². The highest BCUT2D eigenvalue weighted by Gasteiger charge is 2.17. The minimum Gasteiger partial charge on any atom is -0.465 e. The largest absolute Gasteiger partial charge is 0.465 e. The van der Waals surface area contributed by atoms with Crippen molar-refractivity contribution in [1.29, 1.82) is 0 Å². The first-order valence-electron chi connectivity index (χ1n) is 8.29. The number of hydrogen-bond acceptors (Lipinski definition) is 4. The van der Waals surface area contributed by atoms with Crippen LogP contribution < -0.4 is 5.32 Å². The van der Waals surface area contributed by atoms with E-state index in [9.17, 15) is 4.79 Å². The normalized spacial score (nSPS) is 10.8. The Morgan fingerprint density at radius 3 is 2.56 bits per heavy atom. The van der Waals surface area contributed by atoms with Gasteiger partial charge < -0.3 is 14.5 Å². The summed E-state index contributed by atoms with van der Waals surface area (Å²) in [4.78, 5) is 12.7. The van der Waals surface area contributed by atoms with E-state index in [4.69, 9.17) is 33.0 Å². The van der Waals surface area contributed by atoms with E-state index in [1.165, 1.54) is 0 Å². The Morgan fingerprint density at radius 2 is 1.96 bits per heavy atom. The third-order valence-electron chi connectivity index (χ3n) is 3.56. The number of aryl methyl sites for hydroxylation is 2. The molecule has 0 aliphatic rings. The van der Waals surface area contributed by atoms with Gasteiger partial charge in [0, 0.05) is 18.5 Å². The van der Waals surface area contributed by atoms with Crippen LogP contribution in [-0.2, 0) is 17.6 Å². The zero-order valence-electron chi connectivity index (χ0n) is 14.8. The Labute approximate surface area is 158 Å². The minimum absolute atomic E-state index is 0.216. The van der Waals surface area contributed by atoms with E-state index in [1.54, 1.807) is 32.0 Å². The van der Waals surface area contributed by atoms with Gasteiger partial charge >= 0.3 is 5.97 Å². The van der Waals surface area contributed by atoms with Crippen LogP contribution in [0.25, 0.3) is 0 Å². The molecular formula is C19H22ClNO3S. The molecule has 1 aromatic heterocycles. The standard InChI is InChI=1S/C19H22ClNO3S/c1-5-13-10-15(17(6-2)24-13)18(25)21-12-7-8-16(20)14(9-12)19(22)23-11(3)4/h7-11H,5-6H2,1-4H3,(H,21,25). The van der Waals surface area contributed by atoms with Crippen molar-refractivity contribution in [3.63, 3.8) is 0 Å². The molecule has 0 aliphatic heterocycles. The lowest BCUT2D eigenvalue weighted by Gasteiger charge is -2.12. The quantitative estimate of drug-likeness (QED) is 0.537. The van der Waals surface area contributed by atoms with Gasteiger partial charge in [-0.2, -0.15) is 0 Å². The van der Waals surface area contributed by atoms with Crippen molar-refractivity contribution in [2.24, 2.45) is 0 Å². The summed E-state index contributed by atoms with van der Waals surface area (Å²) >= 11 is 11.6. The first-order valence-corrected chi connectivity index (χ1v) is 9.07. The average Bonchev–Trinajstić information content (AvgIpc) is 2.99. The van der Waals surface area contributed by atoms with Crippen molar-refractivity contribution in [2.45, 2.75) is 46.6 Å². The van der Waals surface area contributed by atoms with Crippen molar-refractivity contribution >= 4 is 40.5 Å². The van der Waals surface area contributed by atoms with E-state index < -0.39 is 5.97 Å². The SMILES string of the molecule is CCc1cc(C(=S)Nc2ccc(Cl)c(C(=O)OC(C)C)c2)c(CC)o1. The summed E-state index contributed by atoms with van der Waals surface area (Å²) in [6, 6.07) is 7.02. The molecule has 0 unspecified atom stereocenters. The lowest BCUT2D eigenvalue weighted by atomic mass is 10.1. The predicted molar refractivity (Wildman–Crippen MR) is 105 cm³/mol. The van der Waals surface area contributed by atoms with Crippen molar-refractivity contribution in [3.8, 4) is 0 Å². The lowest BCUT2D eigenvalue weighted by Crippen LogP contribution is -2.14. The van der Waals surface area contributed by atoms with Crippen LogP contribution in [0.2, 0.25) is 5.02 Å². The Hall–Kier alpha value is -1.85. The molecule has 0 saturated carbocycles. The summed E-state index contributed by atoms with van der Waals surface area (Å²) in [5.41, 5.74) is 1.85. The summed E-state index contributed by atoms with van der Waals surface area (Å²) in [6.07, 6.45) is 1.35. The van der Waals surface area contributed by atoms with E-state index in [-0.39, 0.29) is 6.10 Å². The second-order valence-electron chi connectivity index (χ2n) is 5.86. The molecule has 0 radical (unpaired) electrons. The average molecular weight is 380 g/mol. The Balaban J connectivity index is 2.24. The molecule has 2 aromatic rings. The minimum atomic E-state index is -0.458. The Morgan fingerprint density at radius 1 is 1.24 bits per heavy atom. The molecule has 2 rings (SSSR count). The maximum absolute atomic E-state index is 12.1. The van der Waals surface area contributed by atoms with Crippen molar-refractivity contribution in [2.75, 3.05) is 5.32 Å². The van der Waals surface area contributed by atoms with Gasteiger partial charge in [-0.05, 0) is 38.1 Å². The fraction of sp³-hybridized carbons (Fsp3) is 0.368. The second-order valence-corrected chi connectivity index (χ2v) is 6.67. The number of carbonyl (C=O) groups is 1. The molecule has 1 aromatic carbocycles. The Bertz CT molecular complexity index is 783. The van der Waals surface area contributed by atoms with Crippen LogP contribution >= 0.6 is 23.8 Å². The number of nitrogens with one attached hydrogen (secondary N) is 1. The summed E-state index contributed by atoms with van der Waals surface area (Å²) in [5.74, 6) is 1.29. The fourth-order valence-corrected chi connectivity index (χ4v) is 2.83. The summed E-state index contributed by atoms with van der Waals surface area (Å²) in [6.45, 7) is 7.64. The molecule has 0 spiro atoms. The summed E-state index contributed by atoms with van der Waals surface area (Å²) in [7, 11) is 0. The van der Waals surface area contributed by atoms with Gasteiger partial charge in [0.05, 0.1) is 22.3 Å². The van der Waals surface area contributed by atoms with Crippen molar-refractivity contribution < 1.29 is 13.9 Å². The number of benzene rings is 1. The van der Waals surface area contributed by atoms with E-state index in [0.717, 1.165) is 29.9 Å². The topological polar surface area (TPSA) is 51.5 Å². The zero-order valence-corrected chi connectivity index (χ0v) is 16.4. The highest BCUT2D eigenvalue weighted by molar-refractivity contribution is 7.81. The third kappa shape index (κ3) is 4.83. The number of ether oxygens (including phenoxy) is 1. The Kier molecular flexibility index (Phi) is 6.62. The molecule has 0 atom stereocenters. The van der Waals surface area contributed by atoms with Gasteiger partial charge in [0.15, 0.2) is 0 Å². The van der Waals surface area contributed by atoms with Crippen LogP contribution in [0.1, 0.15) is 55.1 Å². The number of halogens is 1. The van der Waals surface area contributed by atoms with Gasteiger partial charge in [-0.1, -0.05) is 37.7 Å². The van der Waals surface area contributed by atoms with Gasteiger partial charge in [-0.25, -0.2) is 4.79 Å². The van der Waals surface area contributed by atoms with E-state index in [1.807, 2.05) is 19.9 Å². The van der Waals surface area contributed by atoms with Gasteiger partial charge in [0.25, 0.3) is 0 Å². The lowest BCUT2D eigenvalue weighted by molar-refractivity contribution is 0.0378. The molecule has 1 N–H and O–H groups in total. The number of furan rings is 1. The molecule has 4 nitrogen and oxygen atoms in total. The highest BCUT2D eigenvalue weighted by atomic mass is 35.5. The van der Waals surface area contributed by atoms with Gasteiger partial charge in [0.2, 0.25) is 0 Å². The highest BCUT2D eigenvalue weighted by Crippen LogP contribution is 2.24. The van der Waals surface area contributed by atoms with E-state index in [0.29, 0.717) is 21.3 Å². The molecule has 0 bridgehead atoms. The van der Waals surface area contributed by atoms with Crippen molar-refractivity contribution in [3.05, 3.63) is 51.9 Å². The van der Waals surface area contributed by atoms with Gasteiger partial charge in [-0.15, -0.1) is 0 Å². The number of rotatable bonds is 6. The number of anilines is 1. The molecule has 6 heteroatoms. The summed E-state index contributed by atoms with van der Waals surface area (Å²) < 4.78 is 11.0. The van der Waals surface area contributed by atoms with E-state index in [2.05, 4.69) is 5.32 Å². The molecular weight excluding hydrogens is 358 g/mol. The number of thiocarbonyl (C=S) groups is 1. The van der Waals surface area contributed by atoms with Crippen LogP contribution in [0.4, 0.5) is 5.69 Å². The maximum Gasteiger partial charge on any atom is 0.339 e. The molecule has 134 valence electrons. The van der Waals surface area contributed by atoms with E-state index >= 15 is 0 Å². The fourth-order valence-electron chi connectivity index (χ4n) is 2.35. The van der Waals surface area contributed by atoms with Crippen LogP contribution in [0.5, 0.6) is 0 Å². The maximum atomic E-state index is 12.1. The molecule has 0 fully saturated rings. The van der Waals surface area contributed by atoms with Crippen LogP contribution in [0.15, 0.2) is 28.7 Å². The first kappa shape index (κ1) is 19.5. The van der Waals surface area contributed by atoms with Crippen LogP contribution in [-0.4, -0.2) is 17.1 Å². The van der Waals surface area contributed by atoms with Crippen LogP contribution in [0, 0.1) is 0 Å².